The standard InChI is InChI=1S/C17H25N3O2/c1-12-11-13(2)19-16(18-12)17(3)7-4-8-20(17)15(21)14-5-9-22-10-6-14/h11,14H,4-10H2,1-3H3/t17-/m1/s1. The number of hydrogen-bond acceptors (Lipinski definition) is 4. The van der Waals surface area contributed by atoms with Crippen molar-refractivity contribution in [1.82, 2.24) is 14.9 Å². The molecule has 2 fully saturated rings. The molecular weight excluding hydrogens is 278 g/mol. The molecule has 0 N–H and O–H groups in total. The molecule has 0 saturated carbocycles. The third-order valence-electron chi connectivity index (χ3n) is 4.94. The highest BCUT2D eigenvalue weighted by molar-refractivity contribution is 5.80. The van der Waals surface area contributed by atoms with Crippen LogP contribution in [0.5, 0.6) is 0 Å². The number of carbonyl (C=O) groups excluding carboxylic acids is 1. The molecule has 2 aliphatic heterocycles. The molecule has 3 heterocycles. The van der Waals surface area contributed by atoms with Gasteiger partial charge in [0.1, 0.15) is 0 Å². The van der Waals surface area contributed by atoms with Gasteiger partial charge in [0.2, 0.25) is 5.91 Å². The molecule has 22 heavy (non-hydrogen) atoms. The zero-order chi connectivity index (χ0) is 15.7. The molecule has 120 valence electrons. The summed E-state index contributed by atoms with van der Waals surface area (Å²) in [6.07, 6.45) is 3.62. The fourth-order valence-electron chi connectivity index (χ4n) is 3.68. The normalized spacial score (nSPS) is 26.4. The Morgan fingerprint density at radius 3 is 2.55 bits per heavy atom. The maximum Gasteiger partial charge on any atom is 0.226 e. The molecule has 0 radical (unpaired) electrons. The van der Waals surface area contributed by atoms with Crippen LogP contribution in [0.15, 0.2) is 6.07 Å². The Kier molecular flexibility index (Phi) is 4.17. The molecule has 5 heteroatoms. The molecule has 3 rings (SSSR count). The van der Waals surface area contributed by atoms with Gasteiger partial charge in [0.05, 0.1) is 5.54 Å². The molecule has 0 aromatic carbocycles. The summed E-state index contributed by atoms with van der Waals surface area (Å²) in [5.74, 6) is 1.14. The van der Waals surface area contributed by atoms with Crippen LogP contribution in [0.1, 0.15) is 49.8 Å². The quantitative estimate of drug-likeness (QED) is 0.841. The fraction of sp³-hybridized carbons (Fsp3) is 0.706. The number of nitrogens with zero attached hydrogens (tertiary/aromatic N) is 3. The van der Waals surface area contributed by atoms with Gasteiger partial charge in [-0.1, -0.05) is 0 Å². The van der Waals surface area contributed by atoms with Crippen molar-refractivity contribution in [2.75, 3.05) is 19.8 Å². The van der Waals surface area contributed by atoms with Crippen molar-refractivity contribution in [3.8, 4) is 0 Å². The van der Waals surface area contributed by atoms with Gasteiger partial charge in [-0.15, -0.1) is 0 Å². The summed E-state index contributed by atoms with van der Waals surface area (Å²) in [6, 6.07) is 1.98. The van der Waals surface area contributed by atoms with Gasteiger partial charge in [-0.25, -0.2) is 9.97 Å². The van der Waals surface area contributed by atoms with Crippen LogP contribution in [0.25, 0.3) is 0 Å². The monoisotopic (exact) mass is 303 g/mol. The first-order chi connectivity index (χ1) is 10.5. The maximum atomic E-state index is 13.0. The Labute approximate surface area is 132 Å². The van der Waals surface area contributed by atoms with Gasteiger partial charge in [0.15, 0.2) is 5.82 Å². The van der Waals surface area contributed by atoms with Crippen LogP contribution in [-0.2, 0) is 15.1 Å². The average molecular weight is 303 g/mol. The lowest BCUT2D eigenvalue weighted by Gasteiger charge is -2.37. The van der Waals surface area contributed by atoms with E-state index >= 15 is 0 Å². The van der Waals surface area contributed by atoms with Crippen molar-refractivity contribution in [3.63, 3.8) is 0 Å². The second-order valence-electron chi connectivity index (χ2n) is 6.73. The van der Waals surface area contributed by atoms with E-state index in [4.69, 9.17) is 4.74 Å². The molecule has 0 spiro atoms. The minimum Gasteiger partial charge on any atom is -0.381 e. The minimum absolute atomic E-state index is 0.0945. The van der Waals surface area contributed by atoms with Crippen LogP contribution in [0.4, 0.5) is 0 Å². The molecule has 0 aliphatic carbocycles. The van der Waals surface area contributed by atoms with E-state index in [2.05, 4.69) is 16.9 Å². The van der Waals surface area contributed by atoms with E-state index in [0.717, 1.165) is 49.4 Å². The van der Waals surface area contributed by atoms with Gasteiger partial charge in [-0.2, -0.15) is 0 Å². The topological polar surface area (TPSA) is 55.3 Å². The maximum absolute atomic E-state index is 13.0. The fourth-order valence-corrected chi connectivity index (χ4v) is 3.68. The van der Waals surface area contributed by atoms with Gasteiger partial charge in [-0.05, 0) is 52.5 Å². The van der Waals surface area contributed by atoms with Gasteiger partial charge >= 0.3 is 0 Å². The smallest absolute Gasteiger partial charge is 0.226 e. The molecule has 2 saturated heterocycles. The average Bonchev–Trinajstić information content (AvgIpc) is 2.90. The molecule has 0 bridgehead atoms. The Bertz CT molecular complexity index is 549. The molecule has 2 aliphatic rings. The van der Waals surface area contributed by atoms with Gasteiger partial charge in [0, 0.05) is 37.1 Å². The highest BCUT2D eigenvalue weighted by atomic mass is 16.5. The second kappa shape index (κ2) is 5.95. The number of carbonyl (C=O) groups is 1. The lowest BCUT2D eigenvalue weighted by Crippen LogP contribution is -2.47. The summed E-state index contributed by atoms with van der Waals surface area (Å²) in [6.45, 7) is 8.29. The number of likely N-dealkylation sites (tertiary alicyclic amines) is 1. The van der Waals surface area contributed by atoms with Crippen LogP contribution in [-0.4, -0.2) is 40.5 Å². The molecule has 1 atom stereocenters. The van der Waals surface area contributed by atoms with E-state index in [1.807, 2.05) is 24.8 Å². The molecule has 1 aromatic rings. The van der Waals surface area contributed by atoms with Crippen LogP contribution in [0, 0.1) is 19.8 Å². The SMILES string of the molecule is Cc1cc(C)nc([C@@]2(C)CCCN2C(=O)C2CCOCC2)n1. The second-order valence-corrected chi connectivity index (χ2v) is 6.73. The van der Waals surface area contributed by atoms with Crippen LogP contribution in [0.3, 0.4) is 0 Å². The van der Waals surface area contributed by atoms with Gasteiger partial charge < -0.3 is 9.64 Å². The molecular formula is C17H25N3O2. The van der Waals surface area contributed by atoms with Crippen molar-refractivity contribution in [2.45, 2.75) is 52.0 Å². The van der Waals surface area contributed by atoms with E-state index in [-0.39, 0.29) is 17.4 Å². The first-order valence-electron chi connectivity index (χ1n) is 8.23. The van der Waals surface area contributed by atoms with Gasteiger partial charge in [0.25, 0.3) is 0 Å². The van der Waals surface area contributed by atoms with E-state index in [9.17, 15) is 4.79 Å². The number of hydrogen-bond donors (Lipinski definition) is 0. The highest BCUT2D eigenvalue weighted by Gasteiger charge is 2.45. The van der Waals surface area contributed by atoms with Crippen molar-refractivity contribution in [3.05, 3.63) is 23.3 Å². The molecule has 0 unspecified atom stereocenters. The van der Waals surface area contributed by atoms with Crippen molar-refractivity contribution in [2.24, 2.45) is 5.92 Å². The lowest BCUT2D eigenvalue weighted by molar-refractivity contribution is -0.143. The zero-order valence-electron chi connectivity index (χ0n) is 13.8. The molecule has 1 amide bonds. The third kappa shape index (κ3) is 2.74. The largest absolute Gasteiger partial charge is 0.381 e. The van der Waals surface area contributed by atoms with Crippen LogP contribution < -0.4 is 0 Å². The summed E-state index contributed by atoms with van der Waals surface area (Å²) in [5, 5.41) is 0. The third-order valence-corrected chi connectivity index (χ3v) is 4.94. The van der Waals surface area contributed by atoms with E-state index < -0.39 is 0 Å². The minimum atomic E-state index is -0.369. The summed E-state index contributed by atoms with van der Waals surface area (Å²) >= 11 is 0. The van der Waals surface area contributed by atoms with E-state index in [0.29, 0.717) is 13.2 Å². The van der Waals surface area contributed by atoms with Crippen molar-refractivity contribution >= 4 is 5.91 Å². The Balaban J connectivity index is 1.89. The Hall–Kier alpha value is -1.49. The summed E-state index contributed by atoms with van der Waals surface area (Å²) in [4.78, 5) is 24.3. The lowest BCUT2D eigenvalue weighted by atomic mass is 9.93. The first kappa shape index (κ1) is 15.4. The summed E-state index contributed by atoms with van der Waals surface area (Å²) in [5.41, 5.74) is 1.56. The van der Waals surface area contributed by atoms with E-state index in [1.54, 1.807) is 0 Å². The first-order valence-corrected chi connectivity index (χ1v) is 8.23. The Morgan fingerprint density at radius 1 is 1.27 bits per heavy atom. The highest BCUT2D eigenvalue weighted by Crippen LogP contribution is 2.38. The zero-order valence-corrected chi connectivity index (χ0v) is 13.8. The van der Waals surface area contributed by atoms with E-state index in [1.165, 1.54) is 0 Å². The van der Waals surface area contributed by atoms with Crippen molar-refractivity contribution < 1.29 is 9.53 Å². The number of aryl methyl sites for hydroxylation is 2. The predicted molar refractivity (Wildman–Crippen MR) is 83.3 cm³/mol. The summed E-state index contributed by atoms with van der Waals surface area (Å²) < 4.78 is 5.39. The van der Waals surface area contributed by atoms with Crippen LogP contribution >= 0.6 is 0 Å². The van der Waals surface area contributed by atoms with Crippen LogP contribution in [0.2, 0.25) is 0 Å². The Morgan fingerprint density at radius 2 is 1.91 bits per heavy atom. The summed E-state index contributed by atoms with van der Waals surface area (Å²) in [7, 11) is 0. The molecule has 1 aromatic heterocycles. The predicted octanol–water partition coefficient (Wildman–Crippen LogP) is 2.36. The number of amides is 1. The number of aromatic nitrogens is 2. The van der Waals surface area contributed by atoms with Crippen molar-refractivity contribution in [1.29, 1.82) is 0 Å². The van der Waals surface area contributed by atoms with Gasteiger partial charge in [-0.3, -0.25) is 4.79 Å². The number of rotatable bonds is 2. The number of ether oxygens (including phenoxy) is 1. The molecule has 5 nitrogen and oxygen atoms in total.